The molecule has 0 radical (unpaired) electrons. The quantitative estimate of drug-likeness (QED) is 0.665. The van der Waals surface area contributed by atoms with Crippen LogP contribution in [0.25, 0.3) is 0 Å². The summed E-state index contributed by atoms with van der Waals surface area (Å²) < 4.78 is 4.54. The van der Waals surface area contributed by atoms with Gasteiger partial charge in [0.2, 0.25) is 0 Å². The van der Waals surface area contributed by atoms with Gasteiger partial charge in [0.25, 0.3) is 5.69 Å². The van der Waals surface area contributed by atoms with Crippen molar-refractivity contribution in [3.8, 4) is 6.07 Å². The number of rotatable bonds is 3. The molecule has 1 unspecified atom stereocenters. The monoisotopic (exact) mass is 290 g/mol. The number of hydrogen-bond donors (Lipinski definition) is 1. The number of non-ortho nitro benzene ring substituents is 1. The van der Waals surface area contributed by atoms with Gasteiger partial charge in [-0.25, -0.2) is 4.79 Å². The van der Waals surface area contributed by atoms with Crippen molar-refractivity contribution >= 4 is 17.5 Å². The Morgan fingerprint density at radius 2 is 2.38 bits per heavy atom. The van der Waals surface area contributed by atoms with Gasteiger partial charge >= 0.3 is 6.09 Å². The average Bonchev–Trinajstić information content (AvgIpc) is 2.94. The summed E-state index contributed by atoms with van der Waals surface area (Å²) in [4.78, 5) is 23.3. The van der Waals surface area contributed by atoms with Crippen LogP contribution in [0.2, 0.25) is 0 Å². The van der Waals surface area contributed by atoms with Crippen molar-refractivity contribution in [2.24, 2.45) is 0 Å². The number of carbonyl (C=O) groups is 1. The summed E-state index contributed by atoms with van der Waals surface area (Å²) in [6.07, 6.45) is 0.225. The lowest BCUT2D eigenvalue weighted by molar-refractivity contribution is -0.384. The number of nitriles is 1. The molecule has 0 aromatic heterocycles. The third kappa shape index (κ3) is 3.20. The van der Waals surface area contributed by atoms with Gasteiger partial charge in [0.05, 0.1) is 29.3 Å². The zero-order valence-electron chi connectivity index (χ0n) is 11.4. The zero-order chi connectivity index (χ0) is 15.4. The fourth-order valence-corrected chi connectivity index (χ4v) is 2.33. The molecule has 0 saturated carbocycles. The lowest BCUT2D eigenvalue weighted by atomic mass is 10.1. The van der Waals surface area contributed by atoms with E-state index in [1.54, 1.807) is 6.07 Å². The minimum atomic E-state index is -0.532. The first-order chi connectivity index (χ1) is 10.0. The second-order valence-electron chi connectivity index (χ2n) is 4.64. The van der Waals surface area contributed by atoms with Gasteiger partial charge < -0.3 is 15.0 Å². The van der Waals surface area contributed by atoms with Crippen LogP contribution in [0.1, 0.15) is 12.0 Å². The van der Waals surface area contributed by atoms with Crippen molar-refractivity contribution < 1.29 is 14.5 Å². The molecule has 1 aliphatic rings. The number of alkyl carbamates (subject to hydrolysis) is 1. The van der Waals surface area contributed by atoms with E-state index in [9.17, 15) is 14.9 Å². The van der Waals surface area contributed by atoms with Gasteiger partial charge in [-0.2, -0.15) is 5.26 Å². The highest BCUT2D eigenvalue weighted by Gasteiger charge is 2.26. The fraction of sp³-hybridized carbons (Fsp3) is 0.385. The highest BCUT2D eigenvalue weighted by Crippen LogP contribution is 2.27. The number of benzene rings is 1. The van der Waals surface area contributed by atoms with Crippen LogP contribution in [-0.4, -0.2) is 37.3 Å². The Morgan fingerprint density at radius 3 is 3.00 bits per heavy atom. The molecule has 2 rings (SSSR count). The zero-order valence-corrected chi connectivity index (χ0v) is 11.4. The van der Waals surface area contributed by atoms with Crippen molar-refractivity contribution in [1.82, 2.24) is 5.32 Å². The van der Waals surface area contributed by atoms with Crippen LogP contribution in [0.4, 0.5) is 16.2 Å². The van der Waals surface area contributed by atoms with Crippen molar-refractivity contribution in [1.29, 1.82) is 5.26 Å². The standard InChI is InChI=1S/C13H14N4O4/c1-21-13(18)15-10-4-5-16(8-10)12-3-2-11(17(19)20)6-9(12)7-14/h2-3,6,10H,4-5,8H2,1H3,(H,15,18). The summed E-state index contributed by atoms with van der Waals surface area (Å²) >= 11 is 0. The average molecular weight is 290 g/mol. The molecule has 8 heteroatoms. The smallest absolute Gasteiger partial charge is 0.407 e. The number of nitro groups is 1. The minimum absolute atomic E-state index is 0.0702. The molecule has 1 amide bonds. The Morgan fingerprint density at radius 1 is 1.62 bits per heavy atom. The molecule has 1 saturated heterocycles. The normalized spacial score (nSPS) is 17.1. The van der Waals surface area contributed by atoms with Crippen LogP contribution in [0.5, 0.6) is 0 Å². The van der Waals surface area contributed by atoms with E-state index in [-0.39, 0.29) is 17.3 Å². The molecular weight excluding hydrogens is 276 g/mol. The number of carbonyl (C=O) groups excluding carboxylic acids is 1. The van der Waals surface area contributed by atoms with Crippen LogP contribution < -0.4 is 10.2 Å². The molecule has 8 nitrogen and oxygen atoms in total. The van der Waals surface area contributed by atoms with Crippen LogP contribution >= 0.6 is 0 Å². The maximum atomic E-state index is 11.2. The first-order valence-electron chi connectivity index (χ1n) is 6.33. The number of hydrogen-bond acceptors (Lipinski definition) is 6. The van der Waals surface area contributed by atoms with Crippen LogP contribution in [0.15, 0.2) is 18.2 Å². The number of nitrogens with one attached hydrogen (secondary N) is 1. The van der Waals surface area contributed by atoms with Crippen molar-refractivity contribution in [3.63, 3.8) is 0 Å². The second kappa shape index (κ2) is 6.09. The minimum Gasteiger partial charge on any atom is -0.453 e. The first-order valence-corrected chi connectivity index (χ1v) is 6.33. The molecule has 21 heavy (non-hydrogen) atoms. The molecular formula is C13H14N4O4. The summed E-state index contributed by atoms with van der Waals surface area (Å²) in [6, 6.07) is 6.11. The molecule has 1 fully saturated rings. The lowest BCUT2D eigenvalue weighted by Crippen LogP contribution is -2.37. The van der Waals surface area contributed by atoms with E-state index in [1.165, 1.54) is 19.2 Å². The molecule has 1 aromatic carbocycles. The second-order valence-corrected chi connectivity index (χ2v) is 4.64. The van der Waals surface area contributed by atoms with E-state index in [1.807, 2.05) is 11.0 Å². The van der Waals surface area contributed by atoms with E-state index in [0.717, 1.165) is 6.42 Å². The van der Waals surface area contributed by atoms with E-state index >= 15 is 0 Å². The van der Waals surface area contributed by atoms with Crippen molar-refractivity contribution in [3.05, 3.63) is 33.9 Å². The van der Waals surface area contributed by atoms with Crippen molar-refractivity contribution in [2.75, 3.05) is 25.1 Å². The summed E-state index contributed by atoms with van der Waals surface area (Å²) in [5.74, 6) is 0. The predicted molar refractivity (Wildman–Crippen MR) is 74.0 cm³/mol. The van der Waals surface area contributed by atoms with Crippen LogP contribution in [0.3, 0.4) is 0 Å². The van der Waals surface area contributed by atoms with E-state index in [0.29, 0.717) is 18.8 Å². The summed E-state index contributed by atoms with van der Waals surface area (Å²) in [5.41, 5.74) is 0.777. The molecule has 0 spiro atoms. The van der Waals surface area contributed by atoms with Crippen LogP contribution in [-0.2, 0) is 4.74 Å². The van der Waals surface area contributed by atoms with Gasteiger partial charge in [-0.05, 0) is 12.5 Å². The Hall–Kier alpha value is -2.82. The first kappa shape index (κ1) is 14.6. The molecule has 1 N–H and O–H groups in total. The van der Waals surface area contributed by atoms with Gasteiger partial charge in [-0.3, -0.25) is 10.1 Å². The number of amides is 1. The van der Waals surface area contributed by atoms with Gasteiger partial charge in [-0.15, -0.1) is 0 Å². The molecule has 110 valence electrons. The summed E-state index contributed by atoms with van der Waals surface area (Å²) in [7, 11) is 1.30. The fourth-order valence-electron chi connectivity index (χ4n) is 2.33. The van der Waals surface area contributed by atoms with E-state index in [4.69, 9.17) is 5.26 Å². The maximum Gasteiger partial charge on any atom is 0.407 e. The van der Waals surface area contributed by atoms with Gasteiger partial charge in [0, 0.05) is 25.2 Å². The number of ether oxygens (including phenoxy) is 1. The van der Waals surface area contributed by atoms with Gasteiger partial charge in [0.1, 0.15) is 6.07 Å². The topological polar surface area (TPSA) is 108 Å². The van der Waals surface area contributed by atoms with E-state index in [2.05, 4.69) is 10.1 Å². The van der Waals surface area contributed by atoms with Crippen LogP contribution in [0, 0.1) is 21.4 Å². The SMILES string of the molecule is COC(=O)NC1CCN(c2ccc([N+](=O)[O-])cc2C#N)C1. The molecule has 1 atom stereocenters. The molecule has 0 aliphatic carbocycles. The molecule has 1 aliphatic heterocycles. The molecule has 1 heterocycles. The Labute approximate surface area is 121 Å². The third-order valence-corrected chi connectivity index (χ3v) is 3.35. The van der Waals surface area contributed by atoms with Crippen molar-refractivity contribution in [2.45, 2.75) is 12.5 Å². The molecule has 1 aromatic rings. The van der Waals surface area contributed by atoms with E-state index < -0.39 is 11.0 Å². The number of methoxy groups -OCH3 is 1. The predicted octanol–water partition coefficient (Wildman–Crippen LogP) is 1.40. The van der Waals surface area contributed by atoms with Gasteiger partial charge in [0.15, 0.2) is 0 Å². The largest absolute Gasteiger partial charge is 0.453 e. The highest BCUT2D eigenvalue weighted by molar-refractivity contribution is 5.68. The third-order valence-electron chi connectivity index (χ3n) is 3.35. The lowest BCUT2D eigenvalue weighted by Gasteiger charge is -2.19. The number of nitro benzene ring substituents is 1. The Kier molecular flexibility index (Phi) is 4.23. The summed E-state index contributed by atoms with van der Waals surface area (Å²) in [6.45, 7) is 1.18. The maximum absolute atomic E-state index is 11.2. The van der Waals surface area contributed by atoms with Gasteiger partial charge in [-0.1, -0.05) is 0 Å². The Bertz CT molecular complexity index is 611. The number of nitrogens with zero attached hydrogens (tertiary/aromatic N) is 3. The number of anilines is 1. The molecule has 0 bridgehead atoms. The Balaban J connectivity index is 2.15. The summed E-state index contributed by atoms with van der Waals surface area (Å²) in [5, 5.41) is 22.6. The highest BCUT2D eigenvalue weighted by atomic mass is 16.6.